The largest absolute Gasteiger partial charge is 0.472 e. The highest BCUT2D eigenvalue weighted by Gasteiger charge is 2.38. The molecule has 7 aromatic heterocycles. The van der Waals surface area contributed by atoms with Crippen molar-refractivity contribution in [3.05, 3.63) is 286 Å². The van der Waals surface area contributed by atoms with E-state index in [0.717, 1.165) is 37.9 Å². The monoisotopic (exact) mass is 1580 g/mol. The van der Waals surface area contributed by atoms with Crippen molar-refractivity contribution in [3.63, 3.8) is 0 Å². The minimum Gasteiger partial charge on any atom is -0.472 e. The Morgan fingerprint density at radius 2 is 0.783 bits per heavy atom. The first-order valence-corrected chi connectivity index (χ1v) is 38.3. The molecule has 0 atom stereocenters. The predicted molar refractivity (Wildman–Crippen MR) is 435 cm³/mol. The molecule has 0 radical (unpaired) electrons. The number of furan rings is 2. The smallest absolute Gasteiger partial charge is 0.357 e. The number of nitro groups is 4. The molecule has 11 heterocycles. The third-order valence-electron chi connectivity index (χ3n) is 21.6. The van der Waals surface area contributed by atoms with E-state index in [-0.39, 0.29) is 34.9 Å². The van der Waals surface area contributed by atoms with Crippen LogP contribution in [0.5, 0.6) is 0 Å². The lowest BCUT2D eigenvalue weighted by molar-refractivity contribution is -0.385. The van der Waals surface area contributed by atoms with E-state index in [2.05, 4.69) is 17.0 Å². The fourth-order valence-electron chi connectivity index (χ4n) is 15.5. The Hall–Kier alpha value is -13.6. The van der Waals surface area contributed by atoms with Crippen molar-refractivity contribution in [1.82, 2.24) is 37.9 Å². The van der Waals surface area contributed by atoms with Crippen molar-refractivity contribution in [1.29, 1.82) is 0 Å². The summed E-state index contributed by atoms with van der Waals surface area (Å²) < 4.78 is 15.7. The molecule has 0 spiro atoms. The molecule has 34 heteroatoms. The van der Waals surface area contributed by atoms with Gasteiger partial charge in [-0.05, 0) is 78.2 Å². The Bertz CT molecular complexity index is 5770. The molecule has 1 aliphatic carbocycles. The van der Waals surface area contributed by atoms with E-state index >= 15 is 0 Å². The van der Waals surface area contributed by atoms with Gasteiger partial charge in [0.2, 0.25) is 0 Å². The number of para-hydroxylation sites is 4. The van der Waals surface area contributed by atoms with Gasteiger partial charge in [0.05, 0.1) is 65.4 Å². The highest BCUT2D eigenvalue weighted by atomic mass is 32.1. The number of carbonyl (C=O) groups excluding carboxylic acids is 3. The molecule has 12 aromatic rings. The van der Waals surface area contributed by atoms with Gasteiger partial charge >= 0.3 is 45.0 Å². The molecule has 5 aliphatic rings. The molecule has 0 unspecified atom stereocenters. The van der Waals surface area contributed by atoms with E-state index in [1.807, 2.05) is 97.1 Å². The van der Waals surface area contributed by atoms with Gasteiger partial charge in [0, 0.05) is 166 Å². The van der Waals surface area contributed by atoms with Crippen LogP contribution in [0.1, 0.15) is 49.7 Å². The van der Waals surface area contributed by atoms with Crippen molar-refractivity contribution < 1.29 is 42.9 Å². The van der Waals surface area contributed by atoms with Gasteiger partial charge in [0.25, 0.3) is 17.7 Å². The number of thiophene rings is 1. The minimum atomic E-state index is -0.643. The van der Waals surface area contributed by atoms with Crippen molar-refractivity contribution in [2.75, 3.05) is 124 Å². The summed E-state index contributed by atoms with van der Waals surface area (Å²) in [5.41, 5.74) is 2.57. The SMILES string of the molecule is Cn1c(=O)c([N+](=O)[O-])c(N2CCN(C(=O)c3ccoc3)CC2)c2ccccc21.Cn1c(=O)c([N+](=O)[O-])c(N2CCN(C(=O)c3ccsc3)CC2)c2ccccc21.Cn1c(=O)c([N+](=O)[O-])c(N2CCN(Cc3ccccc3)CC2)c2ccccc21.O=C(c1ccco1)N1CCN(c2c([N+](=O)[O-])c(=O)n(CC3CC3)c3ccccc23)CC1. The molecule has 5 fully saturated rings. The van der Waals surface area contributed by atoms with Gasteiger partial charge in [0.15, 0.2) is 5.76 Å². The van der Waals surface area contributed by atoms with Crippen LogP contribution in [-0.4, -0.2) is 180 Å². The summed E-state index contributed by atoms with van der Waals surface area (Å²) in [6.07, 6.45) is 6.38. The maximum Gasteiger partial charge on any atom is 0.357 e. The summed E-state index contributed by atoms with van der Waals surface area (Å²) >= 11 is 1.47. The van der Waals surface area contributed by atoms with E-state index in [0.29, 0.717) is 176 Å². The van der Waals surface area contributed by atoms with Crippen LogP contribution >= 0.6 is 11.3 Å². The van der Waals surface area contributed by atoms with Gasteiger partial charge in [-0.25, -0.2) is 0 Å². The first kappa shape index (κ1) is 78.1. The number of fused-ring (bicyclic) bond motifs is 4. The summed E-state index contributed by atoms with van der Waals surface area (Å²) in [6.45, 7) is 9.07. The van der Waals surface area contributed by atoms with Crippen molar-refractivity contribution in [2.45, 2.75) is 25.9 Å². The van der Waals surface area contributed by atoms with Crippen LogP contribution in [0.2, 0.25) is 0 Å². The summed E-state index contributed by atoms with van der Waals surface area (Å²) in [7, 11) is 4.65. The van der Waals surface area contributed by atoms with E-state index < -0.39 is 53.3 Å². The second-order valence-electron chi connectivity index (χ2n) is 28.4. The van der Waals surface area contributed by atoms with Crippen LogP contribution in [0.15, 0.2) is 209 Å². The van der Waals surface area contributed by atoms with E-state index in [1.165, 1.54) is 56.4 Å². The average Bonchev–Trinajstić information content (AvgIpc) is 1.10. The number of aromatic nitrogens is 4. The van der Waals surface area contributed by atoms with Crippen LogP contribution in [0, 0.1) is 46.4 Å². The number of amides is 3. The number of piperazine rings is 4. The van der Waals surface area contributed by atoms with Crippen molar-refractivity contribution in [2.24, 2.45) is 27.1 Å². The number of benzene rings is 5. The molecule has 592 valence electrons. The summed E-state index contributed by atoms with van der Waals surface area (Å²) in [5.74, 6) is 0.292. The van der Waals surface area contributed by atoms with Gasteiger partial charge < -0.3 is 61.4 Å². The Morgan fingerprint density at radius 1 is 0.409 bits per heavy atom. The molecule has 4 saturated heterocycles. The number of aryl methyl sites for hydroxylation is 3. The van der Waals surface area contributed by atoms with Gasteiger partial charge in [0.1, 0.15) is 29.0 Å². The Morgan fingerprint density at radius 3 is 1.16 bits per heavy atom. The van der Waals surface area contributed by atoms with Gasteiger partial charge in [-0.1, -0.05) is 103 Å². The molecule has 5 aromatic carbocycles. The second-order valence-corrected chi connectivity index (χ2v) is 29.2. The molecule has 17 rings (SSSR count). The number of pyridine rings is 4. The average molecular weight is 1580 g/mol. The van der Waals surface area contributed by atoms with E-state index in [9.17, 15) is 74.0 Å². The first-order chi connectivity index (χ1) is 55.6. The lowest BCUT2D eigenvalue weighted by atomic mass is 10.1. The maximum absolute atomic E-state index is 13.2. The number of carbonyl (C=O) groups is 3. The number of anilines is 4. The number of rotatable bonds is 15. The zero-order valence-electron chi connectivity index (χ0n) is 63.0. The lowest BCUT2D eigenvalue weighted by Crippen LogP contribution is -2.49. The molecular weight excluding hydrogens is 1500 g/mol. The zero-order chi connectivity index (χ0) is 80.9. The molecule has 33 nitrogen and oxygen atoms in total. The normalized spacial score (nSPS) is 15.2. The molecular formula is C81H80N16O17S. The van der Waals surface area contributed by atoms with Crippen molar-refractivity contribution in [3.8, 4) is 0 Å². The first-order valence-electron chi connectivity index (χ1n) is 37.4. The third kappa shape index (κ3) is 16.0. The molecule has 4 aliphatic heterocycles. The van der Waals surface area contributed by atoms with Crippen LogP contribution < -0.4 is 41.8 Å². The molecule has 115 heavy (non-hydrogen) atoms. The van der Waals surface area contributed by atoms with Gasteiger partial charge in [-0.15, -0.1) is 0 Å². The second kappa shape index (κ2) is 33.7. The third-order valence-corrected chi connectivity index (χ3v) is 22.3. The summed E-state index contributed by atoms with van der Waals surface area (Å²) in [5, 5.41) is 53.6. The molecule has 0 bridgehead atoms. The Labute approximate surface area is 658 Å². The van der Waals surface area contributed by atoms with E-state index in [4.69, 9.17) is 8.83 Å². The van der Waals surface area contributed by atoms with Gasteiger partial charge in [-0.2, -0.15) is 11.3 Å². The maximum atomic E-state index is 13.2. The molecule has 1 saturated carbocycles. The number of hydrogen-bond acceptors (Lipinski definition) is 23. The van der Waals surface area contributed by atoms with Gasteiger partial charge in [-0.3, -0.25) is 78.9 Å². The topological polar surface area (TPSA) is 364 Å². The fourth-order valence-corrected chi connectivity index (χ4v) is 16.1. The molecule has 0 N–H and O–H groups in total. The highest BCUT2D eigenvalue weighted by molar-refractivity contribution is 7.08. The Balaban J connectivity index is 0.000000127. The van der Waals surface area contributed by atoms with Crippen LogP contribution in [0.4, 0.5) is 45.5 Å². The highest BCUT2D eigenvalue weighted by Crippen LogP contribution is 2.40. The Kier molecular flexibility index (Phi) is 22.9. The lowest BCUT2D eigenvalue weighted by Gasteiger charge is -2.36. The fraction of sp³-hybridized carbons (Fsp3) is 0.296. The standard InChI is InChI=1S/C22H22N4O5.C21H22N4O3.C19H18N4O5.C19H18N4O4S/c27-21(18-6-3-13-31-18)24-11-9-23(10-12-24)19-16-4-1-2-5-17(16)25(14-15-7-8-15)22(28)20(19)26(29)30;1-22-18-10-6-5-9-17(18)19(20(21(22)26)25(27)28)24-13-11-23(12-14-24)15-16-7-3-2-4-8-16;2*1-20-15-5-3-2-4-14(15)16(17(19(20)25)23(26)27)21-7-9-22(10-8-21)18(24)13-6-11-28-12-13/h1-6,13,15H,7-12,14H2;2-10H,11-15H2,1H3;2*2-6,11-12H,7-10H2,1H3. The number of nitrogens with zero attached hydrogens (tertiary/aromatic N) is 16. The predicted octanol–water partition coefficient (Wildman–Crippen LogP) is 10.1. The van der Waals surface area contributed by atoms with Crippen LogP contribution in [0.3, 0.4) is 0 Å². The van der Waals surface area contributed by atoms with Crippen LogP contribution in [-0.2, 0) is 34.2 Å². The molecule has 3 amide bonds. The van der Waals surface area contributed by atoms with Crippen LogP contribution in [0.25, 0.3) is 43.6 Å². The van der Waals surface area contributed by atoms with Crippen molar-refractivity contribution >= 4 is 118 Å². The number of hydrogen-bond donors (Lipinski definition) is 0. The summed E-state index contributed by atoms with van der Waals surface area (Å²) in [4.78, 5) is 148. The summed E-state index contributed by atoms with van der Waals surface area (Å²) in [6, 6.07) is 46.0. The minimum absolute atomic E-state index is 0.0377. The zero-order valence-corrected chi connectivity index (χ0v) is 63.9. The van der Waals surface area contributed by atoms with E-state index in [1.54, 1.807) is 106 Å². The quantitative estimate of drug-likeness (QED) is 0.0680.